The SMILES string of the molecule is Cc1c(C(=O)N2CCO[C@@H]3CCCC[C@@H]32)nnn1C1CCNCC1. The number of carbonyl (C=O) groups excluding carboxylic acids is 1. The van der Waals surface area contributed by atoms with Crippen LogP contribution in [0.5, 0.6) is 0 Å². The first-order valence-electron chi connectivity index (χ1n) is 9.31. The van der Waals surface area contributed by atoms with Gasteiger partial charge in [-0.1, -0.05) is 18.1 Å². The third-order valence-electron chi connectivity index (χ3n) is 5.78. The molecule has 1 saturated carbocycles. The third-order valence-corrected chi connectivity index (χ3v) is 5.78. The Morgan fingerprint density at radius 3 is 2.83 bits per heavy atom. The second-order valence-corrected chi connectivity index (χ2v) is 7.21. The Bertz CT molecular complexity index is 594. The molecule has 0 spiro atoms. The van der Waals surface area contributed by atoms with Crippen LogP contribution in [0.4, 0.5) is 0 Å². The molecule has 3 heterocycles. The molecular formula is C17H27N5O2. The van der Waals surface area contributed by atoms with Gasteiger partial charge >= 0.3 is 0 Å². The minimum Gasteiger partial charge on any atom is -0.374 e. The van der Waals surface area contributed by atoms with Crippen LogP contribution in [0, 0.1) is 6.92 Å². The van der Waals surface area contributed by atoms with Crippen LogP contribution in [0.3, 0.4) is 0 Å². The molecule has 132 valence electrons. The number of hydrogen-bond donors (Lipinski definition) is 1. The minimum atomic E-state index is 0.0351. The van der Waals surface area contributed by atoms with E-state index in [0.29, 0.717) is 24.9 Å². The zero-order chi connectivity index (χ0) is 16.5. The van der Waals surface area contributed by atoms with E-state index >= 15 is 0 Å². The number of carbonyl (C=O) groups is 1. The Hall–Kier alpha value is -1.47. The van der Waals surface area contributed by atoms with Gasteiger partial charge in [0, 0.05) is 6.54 Å². The zero-order valence-corrected chi connectivity index (χ0v) is 14.4. The number of nitrogens with zero attached hydrogens (tertiary/aromatic N) is 4. The van der Waals surface area contributed by atoms with Crippen molar-refractivity contribution in [3.05, 3.63) is 11.4 Å². The molecule has 2 aliphatic heterocycles. The van der Waals surface area contributed by atoms with Crippen molar-refractivity contribution < 1.29 is 9.53 Å². The number of ether oxygens (including phenoxy) is 1. The van der Waals surface area contributed by atoms with E-state index in [9.17, 15) is 4.79 Å². The predicted molar refractivity (Wildman–Crippen MR) is 88.9 cm³/mol. The van der Waals surface area contributed by atoms with Crippen molar-refractivity contribution in [2.75, 3.05) is 26.2 Å². The number of amides is 1. The topological polar surface area (TPSA) is 72.3 Å². The molecule has 0 aromatic carbocycles. The molecule has 4 rings (SSSR count). The fraction of sp³-hybridized carbons (Fsp3) is 0.824. The lowest BCUT2D eigenvalue weighted by atomic mass is 9.90. The van der Waals surface area contributed by atoms with Gasteiger partial charge in [0.15, 0.2) is 5.69 Å². The molecule has 1 amide bonds. The van der Waals surface area contributed by atoms with E-state index < -0.39 is 0 Å². The molecule has 2 atom stereocenters. The van der Waals surface area contributed by atoms with Gasteiger partial charge in [-0.25, -0.2) is 4.68 Å². The second-order valence-electron chi connectivity index (χ2n) is 7.21. The predicted octanol–water partition coefficient (Wildman–Crippen LogP) is 1.29. The summed E-state index contributed by atoms with van der Waals surface area (Å²) in [6.45, 7) is 5.28. The molecule has 2 saturated heterocycles. The summed E-state index contributed by atoms with van der Waals surface area (Å²) in [6, 6.07) is 0.566. The van der Waals surface area contributed by atoms with Crippen LogP contribution < -0.4 is 5.32 Å². The Kier molecular flexibility index (Phi) is 4.54. The van der Waals surface area contributed by atoms with E-state index in [1.54, 1.807) is 0 Å². The van der Waals surface area contributed by atoms with Gasteiger partial charge in [-0.05, 0) is 45.7 Å². The van der Waals surface area contributed by atoms with E-state index in [0.717, 1.165) is 44.5 Å². The van der Waals surface area contributed by atoms with Gasteiger partial charge < -0.3 is 15.0 Å². The molecule has 7 nitrogen and oxygen atoms in total. The van der Waals surface area contributed by atoms with Gasteiger partial charge in [0.2, 0.25) is 0 Å². The lowest BCUT2D eigenvalue weighted by molar-refractivity contribution is -0.0754. The van der Waals surface area contributed by atoms with Gasteiger partial charge in [-0.15, -0.1) is 5.10 Å². The molecular weight excluding hydrogens is 306 g/mol. The van der Waals surface area contributed by atoms with Crippen molar-refractivity contribution in [2.24, 2.45) is 0 Å². The van der Waals surface area contributed by atoms with E-state index in [1.165, 1.54) is 12.8 Å². The van der Waals surface area contributed by atoms with Crippen molar-refractivity contribution in [3.63, 3.8) is 0 Å². The zero-order valence-electron chi connectivity index (χ0n) is 14.4. The first-order chi connectivity index (χ1) is 11.8. The quantitative estimate of drug-likeness (QED) is 0.883. The number of nitrogens with one attached hydrogen (secondary N) is 1. The molecule has 3 fully saturated rings. The molecule has 0 bridgehead atoms. The largest absolute Gasteiger partial charge is 0.374 e. The fourth-order valence-electron chi connectivity index (χ4n) is 4.42. The van der Waals surface area contributed by atoms with Gasteiger partial charge in [-0.3, -0.25) is 4.79 Å². The number of piperidine rings is 1. The Labute approximate surface area is 142 Å². The van der Waals surface area contributed by atoms with Crippen LogP contribution in [0.2, 0.25) is 0 Å². The highest BCUT2D eigenvalue weighted by Gasteiger charge is 2.38. The van der Waals surface area contributed by atoms with E-state index in [-0.39, 0.29) is 18.1 Å². The number of rotatable bonds is 2. The molecule has 1 aromatic heterocycles. The third kappa shape index (κ3) is 2.84. The first kappa shape index (κ1) is 16.0. The number of hydrogen-bond acceptors (Lipinski definition) is 5. The maximum absolute atomic E-state index is 13.1. The number of morpholine rings is 1. The molecule has 0 unspecified atom stereocenters. The highest BCUT2D eigenvalue weighted by atomic mass is 16.5. The first-order valence-corrected chi connectivity index (χ1v) is 9.31. The lowest BCUT2D eigenvalue weighted by Gasteiger charge is -2.43. The number of fused-ring (bicyclic) bond motifs is 1. The average molecular weight is 333 g/mol. The maximum atomic E-state index is 13.1. The van der Waals surface area contributed by atoms with Crippen molar-refractivity contribution in [1.82, 2.24) is 25.2 Å². The van der Waals surface area contributed by atoms with Crippen LogP contribution in [0.15, 0.2) is 0 Å². The maximum Gasteiger partial charge on any atom is 0.276 e. The van der Waals surface area contributed by atoms with Gasteiger partial charge in [0.05, 0.1) is 30.5 Å². The monoisotopic (exact) mass is 333 g/mol. The van der Waals surface area contributed by atoms with Crippen molar-refractivity contribution in [3.8, 4) is 0 Å². The molecule has 7 heteroatoms. The lowest BCUT2D eigenvalue weighted by Crippen LogP contribution is -2.55. The van der Waals surface area contributed by atoms with Crippen molar-refractivity contribution >= 4 is 5.91 Å². The van der Waals surface area contributed by atoms with E-state index in [1.807, 2.05) is 16.5 Å². The van der Waals surface area contributed by atoms with Gasteiger partial charge in [0.25, 0.3) is 5.91 Å². The summed E-state index contributed by atoms with van der Waals surface area (Å²) >= 11 is 0. The fourth-order valence-corrected chi connectivity index (χ4v) is 4.42. The summed E-state index contributed by atoms with van der Waals surface area (Å²) < 4.78 is 7.85. The Morgan fingerprint density at radius 2 is 2.00 bits per heavy atom. The van der Waals surface area contributed by atoms with Crippen LogP contribution >= 0.6 is 0 Å². The summed E-state index contributed by atoms with van der Waals surface area (Å²) in [5.41, 5.74) is 1.44. The van der Waals surface area contributed by atoms with Gasteiger partial charge in [0.1, 0.15) is 0 Å². The molecule has 1 aliphatic carbocycles. The molecule has 3 aliphatic rings. The molecule has 1 N–H and O–H groups in total. The summed E-state index contributed by atoms with van der Waals surface area (Å²) in [5, 5.41) is 11.9. The highest BCUT2D eigenvalue weighted by Crippen LogP contribution is 2.30. The van der Waals surface area contributed by atoms with E-state index in [4.69, 9.17) is 4.74 Å². The molecule has 0 radical (unpaired) electrons. The van der Waals surface area contributed by atoms with Crippen LogP contribution in [-0.4, -0.2) is 64.2 Å². The standard InChI is InChI=1S/C17H27N5O2/c1-12-16(19-20-22(12)13-6-8-18-9-7-13)17(23)21-10-11-24-15-5-3-2-4-14(15)21/h13-15,18H,2-11H2,1H3/t14-,15+/m0/s1. The average Bonchev–Trinajstić information content (AvgIpc) is 3.03. The van der Waals surface area contributed by atoms with Crippen molar-refractivity contribution in [2.45, 2.75) is 63.6 Å². The van der Waals surface area contributed by atoms with Crippen molar-refractivity contribution in [1.29, 1.82) is 0 Å². The Morgan fingerprint density at radius 1 is 1.21 bits per heavy atom. The van der Waals surface area contributed by atoms with Crippen LogP contribution in [0.25, 0.3) is 0 Å². The van der Waals surface area contributed by atoms with Gasteiger partial charge in [-0.2, -0.15) is 0 Å². The van der Waals surface area contributed by atoms with Crippen LogP contribution in [0.1, 0.15) is 60.7 Å². The Balaban J connectivity index is 1.54. The van der Waals surface area contributed by atoms with E-state index in [2.05, 4.69) is 15.6 Å². The molecule has 1 aromatic rings. The molecule has 24 heavy (non-hydrogen) atoms. The van der Waals surface area contributed by atoms with Crippen LogP contribution in [-0.2, 0) is 4.74 Å². The second kappa shape index (κ2) is 6.80. The summed E-state index contributed by atoms with van der Waals surface area (Å²) in [6.07, 6.45) is 6.77. The summed E-state index contributed by atoms with van der Waals surface area (Å²) in [4.78, 5) is 15.1. The highest BCUT2D eigenvalue weighted by molar-refractivity contribution is 5.93. The number of aromatic nitrogens is 3. The minimum absolute atomic E-state index is 0.0351. The summed E-state index contributed by atoms with van der Waals surface area (Å²) in [7, 11) is 0. The smallest absolute Gasteiger partial charge is 0.276 e. The normalized spacial score (nSPS) is 28.6. The summed E-state index contributed by atoms with van der Waals surface area (Å²) in [5.74, 6) is 0.0351.